The average molecular weight is 179 g/mol. The molecule has 0 N–H and O–H groups in total. The summed E-state index contributed by atoms with van der Waals surface area (Å²) < 4.78 is 13.2. The lowest BCUT2D eigenvalue weighted by Crippen LogP contribution is -1.99. The molecule has 0 bridgehead atoms. The van der Waals surface area contributed by atoms with Gasteiger partial charge in [0.1, 0.15) is 12.1 Å². The second-order valence-electron chi connectivity index (χ2n) is 3.45. The molecule has 2 nitrogen and oxygen atoms in total. The second-order valence-corrected chi connectivity index (χ2v) is 3.45. The zero-order valence-electron chi connectivity index (χ0n) is 7.38. The van der Waals surface area contributed by atoms with Crippen LogP contribution >= 0.6 is 0 Å². The molecule has 68 valence electrons. The number of halogens is 1. The monoisotopic (exact) mass is 179 g/mol. The zero-order chi connectivity index (χ0) is 9.42. The molecule has 1 unspecified atom stereocenters. The van der Waals surface area contributed by atoms with Crippen molar-refractivity contribution in [3.8, 4) is 0 Å². The second kappa shape index (κ2) is 2.91. The van der Waals surface area contributed by atoms with Crippen LogP contribution in [0.2, 0.25) is 0 Å². The number of aldehydes is 1. The summed E-state index contributed by atoms with van der Waals surface area (Å²) in [5.41, 5.74) is 2.46. The number of carbonyl (C=O) groups excluding carboxylic acids is 1. The average Bonchev–Trinajstić information content (AvgIpc) is 2.56. The Morgan fingerprint density at radius 3 is 2.85 bits per heavy atom. The Kier molecular flexibility index (Phi) is 1.87. The first kappa shape index (κ1) is 8.35. The molecule has 1 atom stereocenters. The molecular formula is C10H10FNO. The van der Waals surface area contributed by atoms with Crippen molar-refractivity contribution in [2.75, 3.05) is 0 Å². The minimum Gasteiger partial charge on any atom is -0.303 e. The van der Waals surface area contributed by atoms with E-state index in [0.29, 0.717) is 18.4 Å². The largest absolute Gasteiger partial charge is 0.303 e. The van der Waals surface area contributed by atoms with Crippen LogP contribution < -0.4 is 0 Å². The maximum Gasteiger partial charge on any atom is 0.144 e. The number of carbonyl (C=O) groups is 1. The van der Waals surface area contributed by atoms with E-state index in [1.54, 1.807) is 0 Å². The lowest BCUT2D eigenvalue weighted by atomic mass is 10.1. The van der Waals surface area contributed by atoms with Crippen LogP contribution in [0.15, 0.2) is 6.20 Å². The van der Waals surface area contributed by atoms with Gasteiger partial charge in [-0.1, -0.05) is 0 Å². The van der Waals surface area contributed by atoms with E-state index in [1.807, 2.05) is 6.92 Å². The number of aryl methyl sites for hydroxylation is 1. The molecule has 0 saturated carbocycles. The highest BCUT2D eigenvalue weighted by Gasteiger charge is 2.25. The van der Waals surface area contributed by atoms with Gasteiger partial charge >= 0.3 is 0 Å². The number of aromatic nitrogens is 1. The van der Waals surface area contributed by atoms with Crippen molar-refractivity contribution in [3.05, 3.63) is 28.8 Å². The van der Waals surface area contributed by atoms with Crippen LogP contribution in [0, 0.1) is 18.7 Å². The molecule has 2 rings (SSSR count). The number of rotatable bonds is 1. The third-order valence-corrected chi connectivity index (χ3v) is 2.59. The normalized spacial score (nSPS) is 20.0. The van der Waals surface area contributed by atoms with Crippen LogP contribution in [-0.4, -0.2) is 11.3 Å². The van der Waals surface area contributed by atoms with Gasteiger partial charge in [-0.25, -0.2) is 4.39 Å². The quantitative estimate of drug-likeness (QED) is 0.610. The standard InChI is InChI=1S/C10H10FNO/c1-6-8-2-7(5-13)3-9(8)10(11)4-12-6/h4-5,7H,2-3H2,1H3. The van der Waals surface area contributed by atoms with E-state index in [4.69, 9.17) is 0 Å². The van der Waals surface area contributed by atoms with Crippen LogP contribution in [0.3, 0.4) is 0 Å². The number of fused-ring (bicyclic) bond motifs is 1. The van der Waals surface area contributed by atoms with Gasteiger partial charge in [0.05, 0.1) is 6.20 Å². The van der Waals surface area contributed by atoms with Gasteiger partial charge in [0.15, 0.2) is 0 Å². The fourth-order valence-corrected chi connectivity index (χ4v) is 1.86. The predicted octanol–water partition coefficient (Wildman–Crippen LogP) is 1.44. The summed E-state index contributed by atoms with van der Waals surface area (Å²) in [6.45, 7) is 1.85. The highest BCUT2D eigenvalue weighted by Crippen LogP contribution is 2.28. The van der Waals surface area contributed by atoms with Crippen molar-refractivity contribution < 1.29 is 9.18 Å². The van der Waals surface area contributed by atoms with E-state index in [1.165, 1.54) is 6.20 Å². The van der Waals surface area contributed by atoms with E-state index >= 15 is 0 Å². The lowest BCUT2D eigenvalue weighted by molar-refractivity contribution is -0.110. The summed E-state index contributed by atoms with van der Waals surface area (Å²) in [6, 6.07) is 0. The zero-order valence-corrected chi connectivity index (χ0v) is 7.38. The van der Waals surface area contributed by atoms with Crippen molar-refractivity contribution >= 4 is 6.29 Å². The molecule has 3 heteroatoms. The topological polar surface area (TPSA) is 30.0 Å². The Morgan fingerprint density at radius 1 is 1.54 bits per heavy atom. The van der Waals surface area contributed by atoms with Crippen LogP contribution in [0.1, 0.15) is 16.8 Å². The van der Waals surface area contributed by atoms with Crippen molar-refractivity contribution in [1.29, 1.82) is 0 Å². The molecule has 0 radical (unpaired) electrons. The Balaban J connectivity index is 2.49. The molecule has 0 saturated heterocycles. The number of hydrogen-bond acceptors (Lipinski definition) is 2. The van der Waals surface area contributed by atoms with Gasteiger partial charge in [-0.2, -0.15) is 0 Å². The summed E-state index contributed by atoms with van der Waals surface area (Å²) in [6.07, 6.45) is 3.32. The molecule has 0 aliphatic heterocycles. The van der Waals surface area contributed by atoms with Gasteiger partial charge in [-0.15, -0.1) is 0 Å². The molecule has 13 heavy (non-hydrogen) atoms. The van der Waals surface area contributed by atoms with Crippen LogP contribution in [0.25, 0.3) is 0 Å². The molecule has 0 aromatic carbocycles. The molecule has 1 aromatic rings. The third-order valence-electron chi connectivity index (χ3n) is 2.59. The maximum absolute atomic E-state index is 13.2. The lowest BCUT2D eigenvalue weighted by Gasteiger charge is -2.02. The molecular weight excluding hydrogens is 169 g/mol. The number of nitrogens with zero attached hydrogens (tertiary/aromatic N) is 1. The summed E-state index contributed by atoms with van der Waals surface area (Å²) >= 11 is 0. The van der Waals surface area contributed by atoms with Crippen LogP contribution in [0.5, 0.6) is 0 Å². The maximum atomic E-state index is 13.2. The highest BCUT2D eigenvalue weighted by molar-refractivity contribution is 5.58. The molecule has 1 aliphatic carbocycles. The SMILES string of the molecule is Cc1ncc(F)c2c1CC(C=O)C2. The summed E-state index contributed by atoms with van der Waals surface area (Å²) in [5, 5.41) is 0. The highest BCUT2D eigenvalue weighted by atomic mass is 19.1. The molecule has 0 fully saturated rings. The van der Waals surface area contributed by atoms with E-state index in [2.05, 4.69) is 4.98 Å². The summed E-state index contributed by atoms with van der Waals surface area (Å²) in [4.78, 5) is 14.5. The van der Waals surface area contributed by atoms with Gasteiger partial charge in [-0.05, 0) is 30.9 Å². The Labute approximate surface area is 75.8 Å². The van der Waals surface area contributed by atoms with Gasteiger partial charge in [0.2, 0.25) is 0 Å². The first-order valence-corrected chi connectivity index (χ1v) is 4.30. The smallest absolute Gasteiger partial charge is 0.144 e. The molecule has 0 amide bonds. The van der Waals surface area contributed by atoms with E-state index < -0.39 is 0 Å². The fourth-order valence-electron chi connectivity index (χ4n) is 1.86. The van der Waals surface area contributed by atoms with Crippen molar-refractivity contribution in [3.63, 3.8) is 0 Å². The fraction of sp³-hybridized carbons (Fsp3) is 0.400. The van der Waals surface area contributed by atoms with Crippen LogP contribution in [-0.2, 0) is 17.6 Å². The molecule has 1 aliphatic rings. The van der Waals surface area contributed by atoms with Crippen LogP contribution in [0.4, 0.5) is 4.39 Å². The molecule has 0 spiro atoms. The van der Waals surface area contributed by atoms with Gasteiger partial charge in [0, 0.05) is 11.6 Å². The minimum absolute atomic E-state index is 0.0487. The van der Waals surface area contributed by atoms with Crippen molar-refractivity contribution in [2.24, 2.45) is 5.92 Å². The predicted molar refractivity (Wildman–Crippen MR) is 45.9 cm³/mol. The third kappa shape index (κ3) is 1.24. The minimum atomic E-state index is -0.273. The number of pyridine rings is 1. The molecule has 1 aromatic heterocycles. The van der Waals surface area contributed by atoms with Crippen molar-refractivity contribution in [2.45, 2.75) is 19.8 Å². The molecule has 1 heterocycles. The first-order valence-electron chi connectivity index (χ1n) is 4.30. The Morgan fingerprint density at radius 2 is 2.23 bits per heavy atom. The van der Waals surface area contributed by atoms with Gasteiger partial charge in [-0.3, -0.25) is 4.98 Å². The summed E-state index contributed by atoms with van der Waals surface area (Å²) in [7, 11) is 0. The Hall–Kier alpha value is -1.25. The van der Waals surface area contributed by atoms with Gasteiger partial charge in [0.25, 0.3) is 0 Å². The van der Waals surface area contributed by atoms with E-state index in [-0.39, 0.29) is 11.7 Å². The van der Waals surface area contributed by atoms with E-state index in [9.17, 15) is 9.18 Å². The number of hydrogen-bond donors (Lipinski definition) is 0. The summed E-state index contributed by atoms with van der Waals surface area (Å²) in [5.74, 6) is -0.322. The van der Waals surface area contributed by atoms with E-state index in [0.717, 1.165) is 17.5 Å². The van der Waals surface area contributed by atoms with Gasteiger partial charge < -0.3 is 4.79 Å². The Bertz CT molecular complexity index is 331. The first-order chi connectivity index (χ1) is 6.22. The van der Waals surface area contributed by atoms with Crippen molar-refractivity contribution in [1.82, 2.24) is 4.98 Å².